The van der Waals surface area contributed by atoms with E-state index in [2.05, 4.69) is 6.07 Å². The average Bonchev–Trinajstić information content (AvgIpc) is 3.15. The van der Waals surface area contributed by atoms with Crippen LogP contribution in [0.15, 0.2) is 0 Å². The van der Waals surface area contributed by atoms with Gasteiger partial charge in [-0.05, 0) is 74.0 Å². The molecule has 1 aliphatic heterocycles. The number of nitrogens with two attached hydrogens (primary N) is 1. The molecule has 6 unspecified atom stereocenters. The summed E-state index contributed by atoms with van der Waals surface area (Å²) in [5.41, 5.74) is 5.97. The highest BCUT2D eigenvalue weighted by Crippen LogP contribution is 2.59. The van der Waals surface area contributed by atoms with E-state index in [1.165, 1.54) is 0 Å². The summed E-state index contributed by atoms with van der Waals surface area (Å²) < 4.78 is 0. The van der Waals surface area contributed by atoms with E-state index in [1.54, 1.807) is 4.90 Å². The van der Waals surface area contributed by atoms with Crippen molar-refractivity contribution >= 4 is 5.91 Å². The Balaban J connectivity index is 1.36. The molecule has 5 heteroatoms. The topological polar surface area (TPSA) is 90.4 Å². The first-order valence-corrected chi connectivity index (χ1v) is 9.17. The zero-order valence-corrected chi connectivity index (χ0v) is 13.4. The molecular formula is C18H25N3O2. The van der Waals surface area contributed by atoms with Crippen molar-refractivity contribution in [1.29, 1.82) is 5.26 Å². The number of fused-ring (bicyclic) bond motifs is 1. The van der Waals surface area contributed by atoms with Crippen LogP contribution in [-0.2, 0) is 4.79 Å². The summed E-state index contributed by atoms with van der Waals surface area (Å²) in [6.45, 7) is 0.726. The van der Waals surface area contributed by atoms with E-state index in [1.807, 2.05) is 0 Å². The van der Waals surface area contributed by atoms with Crippen molar-refractivity contribution in [2.24, 2.45) is 41.2 Å². The van der Waals surface area contributed by atoms with Gasteiger partial charge in [0.05, 0.1) is 17.7 Å². The minimum absolute atomic E-state index is 0.00628. The van der Waals surface area contributed by atoms with Gasteiger partial charge in [-0.25, -0.2) is 0 Å². The molecule has 6 rings (SSSR count). The number of carbonyl (C=O) groups excluding carboxylic acids is 1. The van der Waals surface area contributed by atoms with E-state index in [4.69, 9.17) is 5.73 Å². The van der Waals surface area contributed by atoms with Gasteiger partial charge >= 0.3 is 0 Å². The van der Waals surface area contributed by atoms with Gasteiger partial charge in [-0.3, -0.25) is 4.79 Å². The van der Waals surface area contributed by atoms with Crippen LogP contribution in [0.4, 0.5) is 0 Å². The smallest absolute Gasteiger partial charge is 0.240 e. The van der Waals surface area contributed by atoms with Crippen LogP contribution in [0.5, 0.6) is 0 Å². The van der Waals surface area contributed by atoms with Gasteiger partial charge in [0.15, 0.2) is 0 Å². The highest BCUT2D eigenvalue weighted by Gasteiger charge is 2.59. The third kappa shape index (κ3) is 1.94. The molecular weight excluding hydrogens is 290 g/mol. The van der Waals surface area contributed by atoms with Crippen LogP contribution >= 0.6 is 0 Å². The molecule has 6 aliphatic rings. The standard InChI is InChI=1S/C18H25N3O2/c19-7-14-13-3-12(13)8-21(14)17(22)16(20)15-10-1-9-2-11(15)6-18(23,4-9)5-10/h9-16,23H,1-6,8,20H2. The Labute approximate surface area is 136 Å². The fourth-order valence-electron chi connectivity index (χ4n) is 6.82. The number of aliphatic hydroxyl groups is 1. The number of piperidine rings is 1. The summed E-state index contributed by atoms with van der Waals surface area (Å²) in [5, 5.41) is 20.1. The molecule has 0 aromatic rings. The maximum atomic E-state index is 13.0. The lowest BCUT2D eigenvalue weighted by Gasteiger charge is -2.59. The van der Waals surface area contributed by atoms with Gasteiger partial charge in [0.1, 0.15) is 6.04 Å². The molecule has 1 heterocycles. The molecule has 0 aromatic carbocycles. The zero-order valence-electron chi connectivity index (χ0n) is 13.4. The molecule has 23 heavy (non-hydrogen) atoms. The predicted octanol–water partition coefficient (Wildman–Crippen LogP) is 0.871. The molecule has 1 amide bonds. The fourth-order valence-corrected chi connectivity index (χ4v) is 6.82. The number of likely N-dealkylation sites (tertiary alicyclic amines) is 1. The Bertz CT molecular complexity index is 584. The van der Waals surface area contributed by atoms with Crippen molar-refractivity contribution in [1.82, 2.24) is 4.90 Å². The summed E-state index contributed by atoms with van der Waals surface area (Å²) in [6.07, 6.45) is 5.93. The lowest BCUT2D eigenvalue weighted by atomic mass is 9.49. The van der Waals surface area contributed by atoms with Gasteiger partial charge in [0.25, 0.3) is 0 Å². The normalized spacial score (nSPS) is 53.8. The van der Waals surface area contributed by atoms with Crippen molar-refractivity contribution in [3.8, 4) is 6.07 Å². The number of amides is 1. The summed E-state index contributed by atoms with van der Waals surface area (Å²) in [6, 6.07) is 1.59. The van der Waals surface area contributed by atoms with Gasteiger partial charge in [0, 0.05) is 6.54 Å². The average molecular weight is 315 g/mol. The van der Waals surface area contributed by atoms with Crippen molar-refractivity contribution in [2.75, 3.05) is 6.54 Å². The van der Waals surface area contributed by atoms with E-state index in [0.717, 1.165) is 45.1 Å². The molecule has 5 aliphatic carbocycles. The summed E-state index contributed by atoms with van der Waals surface area (Å²) in [5.74, 6) is 2.54. The maximum Gasteiger partial charge on any atom is 0.240 e. The molecule has 6 fully saturated rings. The highest BCUT2D eigenvalue weighted by molar-refractivity contribution is 5.83. The zero-order chi connectivity index (χ0) is 15.9. The number of nitriles is 1. The Hall–Kier alpha value is -1.12. The van der Waals surface area contributed by atoms with E-state index >= 15 is 0 Å². The first kappa shape index (κ1) is 14.2. The van der Waals surface area contributed by atoms with Crippen molar-refractivity contribution < 1.29 is 9.90 Å². The Kier molecular flexibility index (Phi) is 2.78. The lowest BCUT2D eigenvalue weighted by molar-refractivity contribution is -0.164. The summed E-state index contributed by atoms with van der Waals surface area (Å²) >= 11 is 0. The van der Waals surface area contributed by atoms with Gasteiger partial charge in [0.2, 0.25) is 5.91 Å². The maximum absolute atomic E-state index is 13.0. The Morgan fingerprint density at radius 2 is 1.91 bits per heavy atom. The van der Waals surface area contributed by atoms with Crippen molar-refractivity contribution in [2.45, 2.75) is 56.2 Å². The Morgan fingerprint density at radius 3 is 2.52 bits per heavy atom. The predicted molar refractivity (Wildman–Crippen MR) is 82.7 cm³/mol. The number of hydrogen-bond acceptors (Lipinski definition) is 4. The van der Waals surface area contributed by atoms with Gasteiger partial charge < -0.3 is 15.7 Å². The van der Waals surface area contributed by atoms with E-state index < -0.39 is 11.6 Å². The van der Waals surface area contributed by atoms with Crippen LogP contribution in [-0.4, -0.2) is 40.1 Å². The minimum atomic E-state index is -0.486. The van der Waals surface area contributed by atoms with Crippen LogP contribution in [0.1, 0.15) is 38.5 Å². The second kappa shape index (κ2) is 4.49. The van der Waals surface area contributed by atoms with Crippen LogP contribution in [0.3, 0.4) is 0 Å². The molecule has 0 spiro atoms. The van der Waals surface area contributed by atoms with Crippen LogP contribution in [0.2, 0.25) is 0 Å². The molecule has 5 nitrogen and oxygen atoms in total. The first-order valence-electron chi connectivity index (χ1n) is 9.17. The molecule has 1 saturated heterocycles. The van der Waals surface area contributed by atoms with Crippen molar-refractivity contribution in [3.05, 3.63) is 0 Å². The molecule has 6 atom stereocenters. The molecule has 0 aromatic heterocycles. The van der Waals surface area contributed by atoms with Gasteiger partial charge in [-0.15, -0.1) is 0 Å². The third-order valence-corrected chi connectivity index (χ3v) is 7.58. The lowest BCUT2D eigenvalue weighted by Crippen LogP contribution is -2.61. The van der Waals surface area contributed by atoms with Crippen LogP contribution < -0.4 is 5.73 Å². The van der Waals surface area contributed by atoms with Crippen LogP contribution in [0, 0.1) is 46.8 Å². The highest BCUT2D eigenvalue weighted by atomic mass is 16.3. The number of rotatable bonds is 2. The van der Waals surface area contributed by atoms with Crippen molar-refractivity contribution in [3.63, 3.8) is 0 Å². The fraction of sp³-hybridized carbons (Fsp3) is 0.889. The SMILES string of the molecule is N#CC1C2CC2CN1C(=O)C(N)C1C2CC3CC1CC(O)(C3)C2. The van der Waals surface area contributed by atoms with Crippen LogP contribution in [0.25, 0.3) is 0 Å². The van der Waals surface area contributed by atoms with E-state index in [0.29, 0.717) is 29.6 Å². The minimum Gasteiger partial charge on any atom is -0.390 e. The molecule has 4 bridgehead atoms. The summed E-state index contributed by atoms with van der Waals surface area (Å²) in [7, 11) is 0. The van der Waals surface area contributed by atoms with E-state index in [9.17, 15) is 15.2 Å². The molecule has 0 radical (unpaired) electrons. The molecule has 124 valence electrons. The van der Waals surface area contributed by atoms with Gasteiger partial charge in [-0.2, -0.15) is 5.26 Å². The summed E-state index contributed by atoms with van der Waals surface area (Å²) in [4.78, 5) is 14.7. The second-order valence-corrected chi connectivity index (χ2v) is 9.02. The largest absolute Gasteiger partial charge is 0.390 e. The number of nitrogens with zero attached hydrogens (tertiary/aromatic N) is 2. The second-order valence-electron chi connectivity index (χ2n) is 9.02. The Morgan fingerprint density at radius 1 is 1.22 bits per heavy atom. The first-order chi connectivity index (χ1) is 11.0. The monoisotopic (exact) mass is 315 g/mol. The molecule has 3 N–H and O–H groups in total. The van der Waals surface area contributed by atoms with E-state index in [-0.39, 0.29) is 17.9 Å². The third-order valence-electron chi connectivity index (χ3n) is 7.58. The van der Waals surface area contributed by atoms with Gasteiger partial charge in [-0.1, -0.05) is 0 Å². The molecule has 5 saturated carbocycles. The quantitative estimate of drug-likeness (QED) is 0.791. The number of hydrogen-bond donors (Lipinski definition) is 2. The number of carbonyl (C=O) groups is 1.